The van der Waals surface area contributed by atoms with Crippen LogP contribution in [0.2, 0.25) is 5.32 Å². The number of carbonyl (C=O) groups is 1. The van der Waals surface area contributed by atoms with Gasteiger partial charge in [0, 0.05) is 22.0 Å². The Morgan fingerprint density at radius 3 is 2.65 bits per heavy atom. The zero-order chi connectivity index (χ0) is 22.4. The van der Waals surface area contributed by atoms with Gasteiger partial charge in [0.25, 0.3) is 0 Å². The molecule has 0 heterocycles. The Labute approximate surface area is 190 Å². The molecule has 0 spiro atoms. The van der Waals surface area contributed by atoms with E-state index in [1.54, 1.807) is 12.3 Å². The van der Waals surface area contributed by atoms with E-state index in [1.807, 2.05) is 37.3 Å². The summed E-state index contributed by atoms with van der Waals surface area (Å²) in [5, 5.41) is 9.35. The van der Waals surface area contributed by atoms with E-state index in [1.165, 1.54) is 12.1 Å². The van der Waals surface area contributed by atoms with Crippen LogP contribution in [0.3, 0.4) is 0 Å². The molecule has 0 saturated carbocycles. The number of carbonyl (C=O) groups excluding carboxylic acids is 1. The van der Waals surface area contributed by atoms with Crippen LogP contribution in [0.25, 0.3) is 17.2 Å². The number of halogens is 1. The second-order valence-corrected chi connectivity index (χ2v) is 10.3. The second-order valence-electron chi connectivity index (χ2n) is 7.07. The minimum absolute atomic E-state index is 0.0662. The van der Waals surface area contributed by atoms with Gasteiger partial charge in [0.15, 0.2) is 0 Å². The summed E-state index contributed by atoms with van der Waals surface area (Å²) in [4.78, 5) is 15.3. The van der Waals surface area contributed by atoms with Gasteiger partial charge in [-0.05, 0) is 12.1 Å². The predicted octanol–water partition coefficient (Wildman–Crippen LogP) is 4.82. The van der Waals surface area contributed by atoms with Crippen molar-refractivity contribution in [2.24, 2.45) is 0 Å². The zero-order valence-electron chi connectivity index (χ0n) is 17.3. The number of esters is 1. The van der Waals surface area contributed by atoms with Gasteiger partial charge in [-0.25, -0.2) is 0 Å². The molecule has 3 rings (SSSR count). The first-order valence-electron chi connectivity index (χ1n) is 9.73. The number of rotatable bonds is 8. The molecule has 4 nitrogen and oxygen atoms in total. The number of nitriles is 1. The summed E-state index contributed by atoms with van der Waals surface area (Å²) < 4.78 is 30.9. The van der Waals surface area contributed by atoms with Gasteiger partial charge >= 0.3 is 152 Å². The number of nitrogens with zero attached hydrogens (tertiary/aromatic N) is 1. The number of benzene rings is 2. The molecular weight excluding hydrogens is 480 g/mol. The van der Waals surface area contributed by atoms with Crippen molar-refractivity contribution in [3.05, 3.63) is 70.5 Å². The van der Waals surface area contributed by atoms with Crippen LogP contribution < -0.4 is 0 Å². The first kappa shape index (κ1) is 23.1. The number of hydrogen-bond donors (Lipinski definition) is 0. The third-order valence-corrected chi connectivity index (χ3v) is 7.26. The predicted molar refractivity (Wildman–Crippen MR) is 122 cm³/mol. The summed E-state index contributed by atoms with van der Waals surface area (Å²) in [6, 6.07) is 12.1. The summed E-state index contributed by atoms with van der Waals surface area (Å²) in [6.07, 6.45) is 4.37. The molecule has 0 radical (unpaired) electrons. The monoisotopic (exact) mass is 503 g/mol. The van der Waals surface area contributed by atoms with Crippen LogP contribution in [-0.4, -0.2) is 38.0 Å². The molecular formula is C24H22FNO3SSe. The van der Waals surface area contributed by atoms with Crippen LogP contribution in [-0.2, 0) is 20.3 Å². The first-order chi connectivity index (χ1) is 14.9. The fourth-order valence-electron chi connectivity index (χ4n) is 3.46. The van der Waals surface area contributed by atoms with Crippen molar-refractivity contribution < 1.29 is 18.1 Å². The van der Waals surface area contributed by atoms with E-state index >= 15 is 0 Å². The zero-order valence-corrected chi connectivity index (χ0v) is 19.8. The summed E-state index contributed by atoms with van der Waals surface area (Å²) >= 11 is -0.0719. The van der Waals surface area contributed by atoms with Crippen LogP contribution in [0.15, 0.2) is 52.9 Å². The van der Waals surface area contributed by atoms with Crippen LogP contribution in [0.1, 0.15) is 36.5 Å². The SMILES string of the molecule is CC1=C(CC(=O)OCCC[Se]C#N)c2cc(F)ccc2/C1=C\c1ccc(S(C)=O)cc1. The molecule has 7 heteroatoms. The molecule has 0 saturated heterocycles. The molecule has 2 aromatic rings. The van der Waals surface area contributed by atoms with Gasteiger partial charge in [-0.1, -0.05) is 0 Å². The first-order valence-corrected chi connectivity index (χ1v) is 13.4. The molecule has 1 atom stereocenters. The summed E-state index contributed by atoms with van der Waals surface area (Å²) in [5.41, 5.74) is 5.12. The van der Waals surface area contributed by atoms with Gasteiger partial charge in [-0.2, -0.15) is 0 Å². The molecule has 0 bridgehead atoms. The van der Waals surface area contributed by atoms with Crippen molar-refractivity contribution in [2.75, 3.05) is 12.9 Å². The Hall–Kier alpha value is -2.52. The maximum absolute atomic E-state index is 14.0. The molecule has 1 unspecified atom stereocenters. The van der Waals surface area contributed by atoms with Crippen molar-refractivity contribution >= 4 is 48.9 Å². The topological polar surface area (TPSA) is 67.2 Å². The van der Waals surface area contributed by atoms with Crippen LogP contribution in [0.4, 0.5) is 4.39 Å². The molecule has 0 aromatic heterocycles. The van der Waals surface area contributed by atoms with Crippen molar-refractivity contribution in [3.8, 4) is 4.97 Å². The molecule has 160 valence electrons. The Morgan fingerprint density at radius 1 is 1.23 bits per heavy atom. The fraction of sp³-hybridized carbons (Fsp3) is 0.250. The summed E-state index contributed by atoms with van der Waals surface area (Å²) in [7, 11) is -1.04. The number of allylic oxidation sites excluding steroid dienone is 2. The molecule has 1 aliphatic rings. The van der Waals surface area contributed by atoms with Crippen molar-refractivity contribution in [2.45, 2.75) is 30.0 Å². The normalized spacial score (nSPS) is 15.0. The van der Waals surface area contributed by atoms with Crippen LogP contribution in [0.5, 0.6) is 0 Å². The van der Waals surface area contributed by atoms with Crippen LogP contribution >= 0.6 is 0 Å². The fourth-order valence-corrected chi connectivity index (χ4v) is 4.72. The summed E-state index contributed by atoms with van der Waals surface area (Å²) in [6.45, 7) is 2.22. The molecule has 0 fully saturated rings. The molecule has 31 heavy (non-hydrogen) atoms. The average molecular weight is 502 g/mol. The van der Waals surface area contributed by atoms with Gasteiger partial charge in [0.05, 0.1) is 0 Å². The quantitative estimate of drug-likeness (QED) is 0.295. The van der Waals surface area contributed by atoms with E-state index in [-0.39, 0.29) is 33.2 Å². The smallest absolute Gasteiger partial charge is 0.255 e. The van der Waals surface area contributed by atoms with E-state index < -0.39 is 10.8 Å². The van der Waals surface area contributed by atoms with Gasteiger partial charge in [0.2, 0.25) is 0 Å². The minimum Gasteiger partial charge on any atom is -0.255 e. The molecule has 0 N–H and O–H groups in total. The number of ether oxygens (including phenoxy) is 1. The third-order valence-electron chi connectivity index (χ3n) is 5.02. The molecule has 2 aromatic carbocycles. The van der Waals surface area contributed by atoms with E-state index in [0.717, 1.165) is 38.1 Å². The molecule has 0 aliphatic heterocycles. The number of hydrogen-bond acceptors (Lipinski definition) is 4. The Balaban J connectivity index is 1.86. The Kier molecular flexibility index (Phi) is 7.97. The van der Waals surface area contributed by atoms with Crippen molar-refractivity contribution in [1.82, 2.24) is 0 Å². The Morgan fingerprint density at radius 2 is 1.97 bits per heavy atom. The van der Waals surface area contributed by atoms with Gasteiger partial charge < -0.3 is 0 Å². The number of fused-ring (bicyclic) bond motifs is 1. The van der Waals surface area contributed by atoms with E-state index in [0.29, 0.717) is 18.6 Å². The summed E-state index contributed by atoms with van der Waals surface area (Å²) in [5.74, 6) is -0.711. The average Bonchev–Trinajstić information content (AvgIpc) is 2.99. The van der Waals surface area contributed by atoms with Gasteiger partial charge in [-0.3, -0.25) is 4.21 Å². The Bertz CT molecular complexity index is 1120. The van der Waals surface area contributed by atoms with Crippen LogP contribution in [0, 0.1) is 16.0 Å². The third kappa shape index (κ3) is 5.80. The van der Waals surface area contributed by atoms with Crippen molar-refractivity contribution in [1.29, 1.82) is 5.26 Å². The molecule has 0 amide bonds. The maximum atomic E-state index is 14.0. The standard InChI is InChI=1S/C24H22FNO3SSe/c1-16-21(12-17-4-7-19(8-5-17)30(2)28)20-9-6-18(25)13-23(20)22(16)14-24(27)29-10-3-11-31-15-26/h4-9,12-13H,3,10-11,14H2,1-2H3/b21-12-. The molecule has 1 aliphatic carbocycles. The van der Waals surface area contributed by atoms with Gasteiger partial charge in [0.1, 0.15) is 0 Å². The van der Waals surface area contributed by atoms with Gasteiger partial charge in [-0.15, -0.1) is 0 Å². The minimum atomic E-state index is -1.04. The van der Waals surface area contributed by atoms with Crippen molar-refractivity contribution in [3.63, 3.8) is 0 Å². The van der Waals surface area contributed by atoms with E-state index in [9.17, 15) is 13.4 Å². The van der Waals surface area contributed by atoms with E-state index in [4.69, 9.17) is 10.00 Å². The van der Waals surface area contributed by atoms with E-state index in [2.05, 4.69) is 4.97 Å². The second kappa shape index (κ2) is 10.7.